The Morgan fingerprint density at radius 3 is 2.67 bits per heavy atom. The first-order chi connectivity index (χ1) is 5.61. The first kappa shape index (κ1) is 8.71. The average molecular weight is 164 g/mol. The van der Waals surface area contributed by atoms with Crippen LogP contribution in [0.15, 0.2) is 24.2 Å². The second-order valence-corrected chi connectivity index (χ2v) is 2.98. The van der Waals surface area contributed by atoms with Gasteiger partial charge in [-0.05, 0) is 19.9 Å². The molecule has 0 saturated heterocycles. The van der Waals surface area contributed by atoms with E-state index in [1.165, 1.54) is 0 Å². The van der Waals surface area contributed by atoms with E-state index in [4.69, 9.17) is 0 Å². The van der Waals surface area contributed by atoms with E-state index in [1.54, 1.807) is 30.2 Å². The topological polar surface area (TPSA) is 34.9 Å². The van der Waals surface area contributed by atoms with Crippen molar-refractivity contribution < 1.29 is 4.79 Å². The van der Waals surface area contributed by atoms with Gasteiger partial charge in [-0.15, -0.1) is 0 Å². The third-order valence-corrected chi connectivity index (χ3v) is 1.49. The van der Waals surface area contributed by atoms with E-state index in [9.17, 15) is 4.79 Å². The smallest absolute Gasteiger partial charge is 0.203 e. The van der Waals surface area contributed by atoms with Crippen molar-refractivity contribution in [3.05, 3.63) is 29.9 Å². The monoisotopic (exact) mass is 164 g/mol. The van der Waals surface area contributed by atoms with Gasteiger partial charge in [0.25, 0.3) is 0 Å². The summed E-state index contributed by atoms with van der Waals surface area (Å²) in [6, 6.07) is 0. The second-order valence-electron chi connectivity index (χ2n) is 2.98. The lowest BCUT2D eigenvalue weighted by molar-refractivity contribution is 0.103. The molecule has 12 heavy (non-hydrogen) atoms. The summed E-state index contributed by atoms with van der Waals surface area (Å²) in [5.74, 6) is 0.00926. The van der Waals surface area contributed by atoms with Gasteiger partial charge in [0, 0.05) is 7.05 Å². The minimum atomic E-state index is 0.00926. The van der Waals surface area contributed by atoms with Crippen LogP contribution in [0.1, 0.15) is 24.3 Å². The van der Waals surface area contributed by atoms with Crippen molar-refractivity contribution in [3.63, 3.8) is 0 Å². The second kappa shape index (κ2) is 3.34. The van der Waals surface area contributed by atoms with Gasteiger partial charge in [-0.1, -0.05) is 5.57 Å². The number of hydrogen-bond donors (Lipinski definition) is 0. The summed E-state index contributed by atoms with van der Waals surface area (Å²) in [4.78, 5) is 15.3. The number of ketones is 1. The highest BCUT2D eigenvalue weighted by Crippen LogP contribution is 2.01. The number of carbonyl (C=O) groups excluding carboxylic acids is 1. The molecule has 0 fully saturated rings. The molecule has 0 radical (unpaired) electrons. The Bertz CT molecular complexity index is 319. The summed E-state index contributed by atoms with van der Waals surface area (Å²) in [7, 11) is 1.80. The Balaban J connectivity index is 2.93. The lowest BCUT2D eigenvalue weighted by Gasteiger charge is -1.96. The lowest BCUT2D eigenvalue weighted by atomic mass is 10.2. The van der Waals surface area contributed by atoms with Crippen LogP contribution < -0.4 is 0 Å². The minimum absolute atomic E-state index is 0.00926. The molecule has 0 unspecified atom stereocenters. The van der Waals surface area contributed by atoms with Crippen LogP contribution >= 0.6 is 0 Å². The number of rotatable bonds is 2. The van der Waals surface area contributed by atoms with E-state index < -0.39 is 0 Å². The van der Waals surface area contributed by atoms with Crippen molar-refractivity contribution in [2.45, 2.75) is 13.8 Å². The molecule has 3 heteroatoms. The predicted octanol–water partition coefficient (Wildman–Crippen LogP) is 1.57. The summed E-state index contributed by atoms with van der Waals surface area (Å²) >= 11 is 0. The number of allylic oxidation sites excluding steroid dienone is 2. The highest BCUT2D eigenvalue weighted by atomic mass is 16.1. The summed E-state index contributed by atoms with van der Waals surface area (Å²) in [6.07, 6.45) is 4.80. The summed E-state index contributed by atoms with van der Waals surface area (Å²) in [6.45, 7) is 3.79. The number of carbonyl (C=O) groups is 1. The Morgan fingerprint density at radius 1 is 1.58 bits per heavy atom. The molecular weight excluding hydrogens is 152 g/mol. The van der Waals surface area contributed by atoms with Crippen LogP contribution in [0.3, 0.4) is 0 Å². The standard InChI is InChI=1S/C9H12N2O/c1-7(2)4-9(12)8-5-10-6-11(8)3/h4-6H,1-3H3. The molecule has 0 aliphatic rings. The molecule has 0 aliphatic carbocycles. The maximum atomic E-state index is 11.4. The Kier molecular flexibility index (Phi) is 2.43. The lowest BCUT2D eigenvalue weighted by Crippen LogP contribution is -2.02. The molecule has 3 nitrogen and oxygen atoms in total. The average Bonchev–Trinajstić information content (AvgIpc) is 2.33. The molecule has 0 saturated carbocycles. The largest absolute Gasteiger partial charge is 0.331 e. The zero-order chi connectivity index (χ0) is 9.14. The summed E-state index contributed by atoms with van der Waals surface area (Å²) in [5, 5.41) is 0. The predicted molar refractivity (Wildman–Crippen MR) is 47.0 cm³/mol. The zero-order valence-electron chi connectivity index (χ0n) is 7.53. The van der Waals surface area contributed by atoms with Crippen LogP contribution in [0, 0.1) is 0 Å². The van der Waals surface area contributed by atoms with Crippen LogP contribution in [-0.4, -0.2) is 15.3 Å². The number of hydrogen-bond acceptors (Lipinski definition) is 2. The number of nitrogens with zero attached hydrogens (tertiary/aromatic N) is 2. The number of aryl methyl sites for hydroxylation is 1. The molecule has 0 aliphatic heterocycles. The van der Waals surface area contributed by atoms with E-state index in [-0.39, 0.29) is 5.78 Å². The molecule has 0 aromatic carbocycles. The molecule has 0 atom stereocenters. The summed E-state index contributed by atoms with van der Waals surface area (Å²) in [5.41, 5.74) is 1.62. The third-order valence-electron chi connectivity index (χ3n) is 1.49. The van der Waals surface area contributed by atoms with Crippen molar-refractivity contribution >= 4 is 5.78 Å². The van der Waals surface area contributed by atoms with Crippen molar-refractivity contribution in [1.29, 1.82) is 0 Å². The van der Waals surface area contributed by atoms with E-state index in [0.717, 1.165) is 5.57 Å². The molecule has 0 bridgehead atoms. The Labute approximate surface area is 71.7 Å². The van der Waals surface area contributed by atoms with Gasteiger partial charge in [-0.3, -0.25) is 4.79 Å². The third kappa shape index (κ3) is 1.81. The highest BCUT2D eigenvalue weighted by Gasteiger charge is 2.05. The maximum absolute atomic E-state index is 11.4. The van der Waals surface area contributed by atoms with E-state index >= 15 is 0 Å². The van der Waals surface area contributed by atoms with Crippen LogP contribution in [0.25, 0.3) is 0 Å². The molecule has 1 rings (SSSR count). The molecule has 0 spiro atoms. The zero-order valence-corrected chi connectivity index (χ0v) is 7.53. The fourth-order valence-corrected chi connectivity index (χ4v) is 0.931. The molecule has 1 aromatic rings. The van der Waals surface area contributed by atoms with Crippen LogP contribution in [-0.2, 0) is 7.05 Å². The van der Waals surface area contributed by atoms with Crippen molar-refractivity contribution in [2.75, 3.05) is 0 Å². The van der Waals surface area contributed by atoms with Gasteiger partial charge in [0.1, 0.15) is 5.69 Å². The molecular formula is C9H12N2O. The van der Waals surface area contributed by atoms with Crippen LogP contribution in [0.2, 0.25) is 0 Å². The van der Waals surface area contributed by atoms with Gasteiger partial charge in [0.2, 0.25) is 5.78 Å². The maximum Gasteiger partial charge on any atom is 0.203 e. The van der Waals surface area contributed by atoms with Gasteiger partial charge >= 0.3 is 0 Å². The number of aromatic nitrogens is 2. The van der Waals surface area contributed by atoms with Gasteiger partial charge in [-0.25, -0.2) is 4.98 Å². The first-order valence-corrected chi connectivity index (χ1v) is 3.77. The van der Waals surface area contributed by atoms with Gasteiger partial charge < -0.3 is 4.57 Å². The van der Waals surface area contributed by atoms with E-state index in [1.807, 2.05) is 13.8 Å². The van der Waals surface area contributed by atoms with Crippen LogP contribution in [0.4, 0.5) is 0 Å². The van der Waals surface area contributed by atoms with Crippen molar-refractivity contribution in [3.8, 4) is 0 Å². The van der Waals surface area contributed by atoms with Crippen molar-refractivity contribution in [1.82, 2.24) is 9.55 Å². The first-order valence-electron chi connectivity index (χ1n) is 3.77. The summed E-state index contributed by atoms with van der Waals surface area (Å²) < 4.78 is 1.71. The van der Waals surface area contributed by atoms with E-state index in [2.05, 4.69) is 4.98 Å². The molecule has 64 valence electrons. The highest BCUT2D eigenvalue weighted by molar-refractivity contribution is 6.03. The van der Waals surface area contributed by atoms with Gasteiger partial charge in [0.05, 0.1) is 12.5 Å². The normalized spacial score (nSPS) is 9.58. The minimum Gasteiger partial charge on any atom is -0.331 e. The quantitative estimate of drug-likeness (QED) is 0.491. The van der Waals surface area contributed by atoms with Gasteiger partial charge in [-0.2, -0.15) is 0 Å². The van der Waals surface area contributed by atoms with E-state index in [0.29, 0.717) is 5.69 Å². The fourth-order valence-electron chi connectivity index (χ4n) is 0.931. The van der Waals surface area contributed by atoms with Crippen molar-refractivity contribution in [2.24, 2.45) is 7.05 Å². The Morgan fingerprint density at radius 2 is 2.25 bits per heavy atom. The van der Waals surface area contributed by atoms with Crippen LogP contribution in [0.5, 0.6) is 0 Å². The number of imidazole rings is 1. The van der Waals surface area contributed by atoms with Gasteiger partial charge in [0.15, 0.2) is 0 Å². The molecule has 1 heterocycles. The Hall–Kier alpha value is -1.38. The molecule has 0 N–H and O–H groups in total. The molecule has 0 amide bonds. The molecule has 1 aromatic heterocycles. The fraction of sp³-hybridized carbons (Fsp3) is 0.333. The SMILES string of the molecule is CC(C)=CC(=O)c1cncn1C.